The maximum atomic E-state index is 11.9. The van der Waals surface area contributed by atoms with Crippen LogP contribution in [0.1, 0.15) is 51.3 Å². The predicted molar refractivity (Wildman–Crippen MR) is 78.1 cm³/mol. The third-order valence-corrected chi connectivity index (χ3v) is 2.86. The number of aryl methyl sites for hydroxylation is 1. The highest BCUT2D eigenvalue weighted by Gasteiger charge is 2.16. The fourth-order valence-electron chi connectivity index (χ4n) is 1.74. The van der Waals surface area contributed by atoms with E-state index < -0.39 is 0 Å². The molecule has 0 saturated heterocycles. The zero-order valence-electron chi connectivity index (χ0n) is 12.6. The highest BCUT2D eigenvalue weighted by atomic mass is 16.5. The monoisotopic (exact) mass is 263 g/mol. The van der Waals surface area contributed by atoms with Crippen LogP contribution in [-0.4, -0.2) is 18.1 Å². The molecule has 0 aliphatic carbocycles. The molecule has 1 amide bonds. The number of nitrogens with one attached hydrogen (secondary N) is 1. The van der Waals surface area contributed by atoms with Gasteiger partial charge < -0.3 is 10.1 Å². The molecule has 0 aromatic heterocycles. The smallest absolute Gasteiger partial charge is 0.246 e. The maximum absolute atomic E-state index is 11.9. The average Bonchev–Trinajstić information content (AvgIpc) is 2.34. The van der Waals surface area contributed by atoms with E-state index in [1.807, 2.05) is 20.8 Å². The first-order valence-electron chi connectivity index (χ1n) is 6.81. The van der Waals surface area contributed by atoms with E-state index in [0.717, 1.165) is 12.0 Å². The van der Waals surface area contributed by atoms with Gasteiger partial charge in [-0.1, -0.05) is 36.8 Å². The van der Waals surface area contributed by atoms with Crippen LogP contribution in [0.25, 0.3) is 0 Å². The number of carbonyl (C=O) groups excluding carboxylic acids is 1. The van der Waals surface area contributed by atoms with Crippen LogP contribution in [0.5, 0.6) is 0 Å². The molecule has 0 bridgehead atoms. The first-order valence-corrected chi connectivity index (χ1v) is 6.81. The van der Waals surface area contributed by atoms with Gasteiger partial charge in [0.2, 0.25) is 5.91 Å². The van der Waals surface area contributed by atoms with Crippen molar-refractivity contribution in [1.29, 1.82) is 0 Å². The molecule has 106 valence electrons. The molecule has 1 aromatic carbocycles. The molecule has 1 unspecified atom stereocenters. The standard InChI is InChI=1S/C16H25NO2/c1-6-14(13-9-7-12(2)8-10-13)17-15(18)11-19-16(3,4)5/h7-10,14H,6,11H2,1-5H3,(H,17,18). The summed E-state index contributed by atoms with van der Waals surface area (Å²) in [5.74, 6) is -0.0673. The third kappa shape index (κ3) is 5.88. The van der Waals surface area contributed by atoms with E-state index in [4.69, 9.17) is 4.74 Å². The number of carbonyl (C=O) groups is 1. The second kappa shape index (κ2) is 6.71. The molecule has 19 heavy (non-hydrogen) atoms. The molecule has 0 aliphatic rings. The number of benzene rings is 1. The van der Waals surface area contributed by atoms with Crippen LogP contribution in [0.3, 0.4) is 0 Å². The number of hydrogen-bond donors (Lipinski definition) is 1. The highest BCUT2D eigenvalue weighted by molar-refractivity contribution is 5.77. The maximum Gasteiger partial charge on any atom is 0.246 e. The molecule has 1 rings (SSSR count). The van der Waals surface area contributed by atoms with Gasteiger partial charge in [-0.15, -0.1) is 0 Å². The molecule has 0 radical (unpaired) electrons. The van der Waals surface area contributed by atoms with Gasteiger partial charge in [0.25, 0.3) is 0 Å². The van der Waals surface area contributed by atoms with E-state index in [-0.39, 0.29) is 24.2 Å². The Morgan fingerprint density at radius 1 is 1.26 bits per heavy atom. The highest BCUT2D eigenvalue weighted by Crippen LogP contribution is 2.17. The summed E-state index contributed by atoms with van der Waals surface area (Å²) in [4.78, 5) is 11.9. The predicted octanol–water partition coefficient (Wildman–Crippen LogP) is 3.38. The molecule has 3 nitrogen and oxygen atoms in total. The first kappa shape index (κ1) is 15.7. The van der Waals surface area contributed by atoms with Crippen molar-refractivity contribution in [2.75, 3.05) is 6.61 Å². The lowest BCUT2D eigenvalue weighted by molar-refractivity contribution is -0.131. The van der Waals surface area contributed by atoms with E-state index in [9.17, 15) is 4.79 Å². The molecular formula is C16H25NO2. The summed E-state index contributed by atoms with van der Waals surface area (Å²) >= 11 is 0. The van der Waals surface area contributed by atoms with Crippen molar-refractivity contribution < 1.29 is 9.53 Å². The topological polar surface area (TPSA) is 38.3 Å². The minimum absolute atomic E-state index is 0.0525. The van der Waals surface area contributed by atoms with E-state index in [0.29, 0.717) is 0 Å². The van der Waals surface area contributed by atoms with Crippen LogP contribution in [0.15, 0.2) is 24.3 Å². The Morgan fingerprint density at radius 2 is 1.84 bits per heavy atom. The van der Waals surface area contributed by atoms with E-state index in [1.54, 1.807) is 0 Å². The first-order chi connectivity index (χ1) is 8.81. The second-order valence-electron chi connectivity index (χ2n) is 5.84. The number of amides is 1. The molecule has 0 spiro atoms. The summed E-state index contributed by atoms with van der Waals surface area (Å²) in [5.41, 5.74) is 2.07. The molecule has 1 atom stereocenters. The van der Waals surface area contributed by atoms with Crippen molar-refractivity contribution in [3.8, 4) is 0 Å². The molecule has 0 fully saturated rings. The summed E-state index contributed by atoms with van der Waals surface area (Å²) in [6, 6.07) is 8.31. The largest absolute Gasteiger partial charge is 0.366 e. The van der Waals surface area contributed by atoms with Crippen LogP contribution >= 0.6 is 0 Å². The average molecular weight is 263 g/mol. The van der Waals surface area contributed by atoms with Crippen molar-refractivity contribution in [2.24, 2.45) is 0 Å². The summed E-state index contributed by atoms with van der Waals surface area (Å²) in [7, 11) is 0. The molecule has 1 N–H and O–H groups in total. The molecule has 0 saturated carbocycles. The van der Waals surface area contributed by atoms with Crippen LogP contribution in [0.4, 0.5) is 0 Å². The molecule has 0 heterocycles. The van der Waals surface area contributed by atoms with E-state index >= 15 is 0 Å². The SMILES string of the molecule is CCC(NC(=O)COC(C)(C)C)c1ccc(C)cc1. The quantitative estimate of drug-likeness (QED) is 0.884. The van der Waals surface area contributed by atoms with Gasteiger partial charge in [0.1, 0.15) is 6.61 Å². The van der Waals surface area contributed by atoms with E-state index in [2.05, 4.69) is 43.4 Å². The lowest BCUT2D eigenvalue weighted by atomic mass is 10.0. The van der Waals surface area contributed by atoms with Crippen molar-refractivity contribution >= 4 is 5.91 Å². The fraction of sp³-hybridized carbons (Fsp3) is 0.562. The van der Waals surface area contributed by atoms with Crippen molar-refractivity contribution in [3.05, 3.63) is 35.4 Å². The zero-order valence-corrected chi connectivity index (χ0v) is 12.6. The van der Waals surface area contributed by atoms with Gasteiger partial charge in [0.05, 0.1) is 11.6 Å². The van der Waals surface area contributed by atoms with Crippen molar-refractivity contribution in [3.63, 3.8) is 0 Å². The lowest BCUT2D eigenvalue weighted by Crippen LogP contribution is -2.34. The Morgan fingerprint density at radius 3 is 2.32 bits per heavy atom. The van der Waals surface area contributed by atoms with Crippen LogP contribution in [0, 0.1) is 6.92 Å². The third-order valence-electron chi connectivity index (χ3n) is 2.86. The molecule has 0 aliphatic heterocycles. The summed E-state index contributed by atoms with van der Waals surface area (Å²) in [5, 5.41) is 3.01. The Hall–Kier alpha value is -1.35. The van der Waals surface area contributed by atoms with Crippen LogP contribution in [0.2, 0.25) is 0 Å². The van der Waals surface area contributed by atoms with Crippen molar-refractivity contribution in [2.45, 2.75) is 52.7 Å². The Balaban J connectivity index is 2.57. The van der Waals surface area contributed by atoms with Gasteiger partial charge in [-0.2, -0.15) is 0 Å². The Labute approximate surface area is 116 Å². The van der Waals surface area contributed by atoms with E-state index in [1.165, 1.54) is 5.56 Å². The van der Waals surface area contributed by atoms with Gasteiger partial charge in [-0.25, -0.2) is 0 Å². The zero-order chi connectivity index (χ0) is 14.5. The minimum atomic E-state index is -0.289. The molecule has 1 aromatic rings. The van der Waals surface area contributed by atoms with Gasteiger partial charge in [-0.05, 0) is 39.7 Å². The second-order valence-corrected chi connectivity index (χ2v) is 5.84. The number of ether oxygens (including phenoxy) is 1. The number of hydrogen-bond acceptors (Lipinski definition) is 2. The summed E-state index contributed by atoms with van der Waals surface area (Å²) in [6.07, 6.45) is 0.865. The Bertz CT molecular complexity index is 404. The minimum Gasteiger partial charge on any atom is -0.366 e. The van der Waals surface area contributed by atoms with Gasteiger partial charge in [0, 0.05) is 0 Å². The Kier molecular flexibility index (Phi) is 5.55. The molecular weight excluding hydrogens is 238 g/mol. The lowest BCUT2D eigenvalue weighted by Gasteiger charge is -2.21. The van der Waals surface area contributed by atoms with Gasteiger partial charge in [-0.3, -0.25) is 4.79 Å². The van der Waals surface area contributed by atoms with Crippen molar-refractivity contribution in [1.82, 2.24) is 5.32 Å². The fourth-order valence-corrected chi connectivity index (χ4v) is 1.74. The van der Waals surface area contributed by atoms with Crippen LogP contribution < -0.4 is 5.32 Å². The molecule has 3 heteroatoms. The van der Waals surface area contributed by atoms with Gasteiger partial charge >= 0.3 is 0 Å². The summed E-state index contributed by atoms with van der Waals surface area (Å²) < 4.78 is 5.48. The van der Waals surface area contributed by atoms with Crippen LogP contribution in [-0.2, 0) is 9.53 Å². The number of rotatable bonds is 5. The van der Waals surface area contributed by atoms with Gasteiger partial charge in [0.15, 0.2) is 0 Å². The normalized spacial score (nSPS) is 13.1. The summed E-state index contributed by atoms with van der Waals surface area (Å²) in [6.45, 7) is 10.1.